The molecular weight excluding hydrogens is 316 g/mol. The zero-order valence-corrected chi connectivity index (χ0v) is 13.9. The van der Waals surface area contributed by atoms with Crippen molar-refractivity contribution in [1.29, 1.82) is 0 Å². The number of nitrogens with one attached hydrogen (secondary N) is 1. The van der Waals surface area contributed by atoms with Gasteiger partial charge in [0.1, 0.15) is 5.52 Å². The topological polar surface area (TPSA) is 67.2 Å². The molecule has 0 spiro atoms. The Bertz CT molecular complexity index is 1050. The third kappa shape index (κ3) is 2.29. The first-order valence-corrected chi connectivity index (χ1v) is 8.47. The molecule has 1 aliphatic rings. The number of morpholine rings is 1. The van der Waals surface area contributed by atoms with Gasteiger partial charge < -0.3 is 19.0 Å². The van der Waals surface area contributed by atoms with Crippen LogP contribution in [-0.4, -0.2) is 40.8 Å². The van der Waals surface area contributed by atoms with Crippen LogP contribution in [0.15, 0.2) is 47.2 Å². The van der Waals surface area contributed by atoms with E-state index in [2.05, 4.69) is 35.0 Å². The van der Waals surface area contributed by atoms with Crippen LogP contribution in [0.2, 0.25) is 0 Å². The first kappa shape index (κ1) is 14.5. The van der Waals surface area contributed by atoms with Crippen LogP contribution in [0.3, 0.4) is 0 Å². The number of benzene rings is 1. The van der Waals surface area contributed by atoms with Gasteiger partial charge in [0.05, 0.1) is 25.5 Å². The van der Waals surface area contributed by atoms with Crippen molar-refractivity contribution in [2.75, 3.05) is 24.7 Å². The number of fused-ring (bicyclic) bond motifs is 2. The largest absolute Gasteiger partial charge is 0.459 e. The summed E-state index contributed by atoms with van der Waals surface area (Å²) < 4.78 is 11.3. The standard InChI is InChI=1S/C19H18N4O2/c1-12-11-24-10-8-23(12)19-17-16(6-9-25-17)21-18(22-19)14-3-2-4-15-13(14)5-7-20-15/h2-7,9,12,20H,8,10-11H2,1H3/t12-/m1/s1. The Hall–Kier alpha value is -2.86. The van der Waals surface area contributed by atoms with E-state index < -0.39 is 0 Å². The number of aromatic amines is 1. The zero-order valence-electron chi connectivity index (χ0n) is 13.9. The number of ether oxygens (including phenoxy) is 1. The highest BCUT2D eigenvalue weighted by Crippen LogP contribution is 2.32. The lowest BCUT2D eigenvalue weighted by Crippen LogP contribution is -2.44. The summed E-state index contributed by atoms with van der Waals surface area (Å²) in [7, 11) is 0. The highest BCUT2D eigenvalue weighted by atomic mass is 16.5. The van der Waals surface area contributed by atoms with Crippen molar-refractivity contribution in [2.24, 2.45) is 0 Å². The summed E-state index contributed by atoms with van der Waals surface area (Å²) in [5, 5.41) is 1.12. The van der Waals surface area contributed by atoms with Gasteiger partial charge >= 0.3 is 0 Å². The predicted octanol–water partition coefficient (Wildman–Crippen LogP) is 3.60. The van der Waals surface area contributed by atoms with Crippen molar-refractivity contribution in [3.8, 4) is 11.4 Å². The van der Waals surface area contributed by atoms with Crippen LogP contribution >= 0.6 is 0 Å². The second kappa shape index (κ2) is 5.60. The summed E-state index contributed by atoms with van der Waals surface area (Å²) >= 11 is 0. The maximum Gasteiger partial charge on any atom is 0.194 e. The van der Waals surface area contributed by atoms with Crippen LogP contribution in [0.5, 0.6) is 0 Å². The monoisotopic (exact) mass is 334 g/mol. The van der Waals surface area contributed by atoms with E-state index in [1.54, 1.807) is 6.26 Å². The fourth-order valence-electron chi connectivity index (χ4n) is 3.49. The van der Waals surface area contributed by atoms with Crippen molar-refractivity contribution < 1.29 is 9.15 Å². The molecule has 0 unspecified atom stereocenters. The van der Waals surface area contributed by atoms with Gasteiger partial charge in [0, 0.05) is 35.3 Å². The molecule has 1 saturated heterocycles. The minimum absolute atomic E-state index is 0.243. The summed E-state index contributed by atoms with van der Waals surface area (Å²) in [4.78, 5) is 15.1. The van der Waals surface area contributed by atoms with E-state index in [-0.39, 0.29) is 6.04 Å². The van der Waals surface area contributed by atoms with E-state index in [1.165, 1.54) is 0 Å². The number of anilines is 1. The SMILES string of the molecule is C[C@@H]1COCCN1c1nc(-c2cccc3[nH]ccc23)nc2ccoc12. The van der Waals surface area contributed by atoms with E-state index in [9.17, 15) is 0 Å². The van der Waals surface area contributed by atoms with Gasteiger partial charge in [-0.3, -0.25) is 0 Å². The van der Waals surface area contributed by atoms with Crippen LogP contribution in [0.1, 0.15) is 6.92 Å². The molecule has 6 nitrogen and oxygen atoms in total. The van der Waals surface area contributed by atoms with Gasteiger partial charge in [0.25, 0.3) is 0 Å². The Morgan fingerprint density at radius 1 is 1.20 bits per heavy atom. The molecule has 4 heterocycles. The quantitative estimate of drug-likeness (QED) is 0.607. The first-order chi connectivity index (χ1) is 12.3. The predicted molar refractivity (Wildman–Crippen MR) is 96.7 cm³/mol. The number of nitrogens with zero attached hydrogens (tertiary/aromatic N) is 3. The third-order valence-corrected chi connectivity index (χ3v) is 4.76. The van der Waals surface area contributed by atoms with E-state index in [0.717, 1.165) is 39.9 Å². The lowest BCUT2D eigenvalue weighted by Gasteiger charge is -2.34. The smallest absolute Gasteiger partial charge is 0.194 e. The molecule has 1 aliphatic heterocycles. The van der Waals surface area contributed by atoms with E-state index in [4.69, 9.17) is 19.1 Å². The third-order valence-electron chi connectivity index (χ3n) is 4.76. The molecule has 5 rings (SSSR count). The van der Waals surface area contributed by atoms with Crippen LogP contribution in [-0.2, 0) is 4.74 Å². The molecule has 1 N–H and O–H groups in total. The second-order valence-electron chi connectivity index (χ2n) is 6.37. The van der Waals surface area contributed by atoms with Gasteiger partial charge in [0.2, 0.25) is 0 Å². The molecule has 126 valence electrons. The fourth-order valence-corrected chi connectivity index (χ4v) is 3.49. The number of furan rings is 1. The van der Waals surface area contributed by atoms with Gasteiger partial charge in [-0.25, -0.2) is 9.97 Å². The molecule has 0 aliphatic carbocycles. The van der Waals surface area contributed by atoms with E-state index >= 15 is 0 Å². The summed E-state index contributed by atoms with van der Waals surface area (Å²) in [6.45, 7) is 4.32. The van der Waals surface area contributed by atoms with Crippen LogP contribution in [0.25, 0.3) is 33.4 Å². The molecule has 1 aromatic carbocycles. The van der Waals surface area contributed by atoms with Crippen molar-refractivity contribution in [1.82, 2.24) is 15.0 Å². The fraction of sp³-hybridized carbons (Fsp3) is 0.263. The number of hydrogen-bond acceptors (Lipinski definition) is 5. The lowest BCUT2D eigenvalue weighted by atomic mass is 10.1. The molecule has 0 saturated carbocycles. The van der Waals surface area contributed by atoms with Gasteiger partial charge in [-0.15, -0.1) is 0 Å². The highest BCUT2D eigenvalue weighted by Gasteiger charge is 2.25. The molecular formula is C19H18N4O2. The Kier molecular flexibility index (Phi) is 3.24. The number of H-pyrrole nitrogens is 1. The van der Waals surface area contributed by atoms with E-state index in [0.29, 0.717) is 19.0 Å². The average molecular weight is 334 g/mol. The summed E-state index contributed by atoms with van der Waals surface area (Å²) in [5.74, 6) is 1.56. The lowest BCUT2D eigenvalue weighted by molar-refractivity contribution is 0.0986. The normalized spacial score (nSPS) is 18.3. The van der Waals surface area contributed by atoms with Crippen molar-refractivity contribution in [2.45, 2.75) is 13.0 Å². The second-order valence-corrected chi connectivity index (χ2v) is 6.37. The van der Waals surface area contributed by atoms with Gasteiger partial charge in [-0.1, -0.05) is 12.1 Å². The highest BCUT2D eigenvalue weighted by molar-refractivity contribution is 5.95. The minimum atomic E-state index is 0.243. The zero-order chi connectivity index (χ0) is 16.8. The molecule has 6 heteroatoms. The molecule has 4 aromatic rings. The van der Waals surface area contributed by atoms with Gasteiger partial charge in [0.15, 0.2) is 17.2 Å². The molecule has 1 atom stereocenters. The Morgan fingerprint density at radius 2 is 2.16 bits per heavy atom. The summed E-state index contributed by atoms with van der Waals surface area (Å²) in [6.07, 6.45) is 3.62. The van der Waals surface area contributed by atoms with Crippen LogP contribution < -0.4 is 4.90 Å². The van der Waals surface area contributed by atoms with Crippen molar-refractivity contribution in [3.63, 3.8) is 0 Å². The van der Waals surface area contributed by atoms with Gasteiger partial charge in [-0.05, 0) is 19.1 Å². The molecule has 1 fully saturated rings. The van der Waals surface area contributed by atoms with Gasteiger partial charge in [-0.2, -0.15) is 0 Å². The molecule has 0 radical (unpaired) electrons. The average Bonchev–Trinajstić information content (AvgIpc) is 3.30. The maximum atomic E-state index is 5.70. The summed E-state index contributed by atoms with van der Waals surface area (Å²) in [6, 6.07) is 10.3. The molecule has 25 heavy (non-hydrogen) atoms. The van der Waals surface area contributed by atoms with E-state index in [1.807, 2.05) is 18.3 Å². The van der Waals surface area contributed by atoms with Crippen LogP contribution in [0.4, 0.5) is 5.82 Å². The Balaban J connectivity index is 1.73. The maximum absolute atomic E-state index is 5.70. The minimum Gasteiger partial charge on any atom is -0.459 e. The van der Waals surface area contributed by atoms with Crippen molar-refractivity contribution >= 4 is 27.8 Å². The van der Waals surface area contributed by atoms with Crippen LogP contribution in [0, 0.1) is 0 Å². The number of hydrogen-bond donors (Lipinski definition) is 1. The summed E-state index contributed by atoms with van der Waals surface area (Å²) in [5.41, 5.74) is 3.66. The first-order valence-electron chi connectivity index (χ1n) is 8.47. The van der Waals surface area contributed by atoms with Crippen molar-refractivity contribution in [3.05, 3.63) is 42.8 Å². The molecule has 0 amide bonds. The Morgan fingerprint density at radius 3 is 3.08 bits per heavy atom. The molecule has 3 aromatic heterocycles. The molecule has 0 bridgehead atoms. The number of rotatable bonds is 2. The number of aromatic nitrogens is 3. The Labute approximate surface area is 144 Å².